The normalized spacial score (nSPS) is 15.2. The first kappa shape index (κ1) is 19.0. The fourth-order valence-corrected chi connectivity index (χ4v) is 4.20. The molecule has 3 aromatic rings. The van der Waals surface area contributed by atoms with Crippen molar-refractivity contribution in [2.45, 2.75) is 19.4 Å². The molecule has 3 aromatic heterocycles. The van der Waals surface area contributed by atoms with Crippen LogP contribution >= 0.6 is 11.3 Å². The first-order valence-electron chi connectivity index (χ1n) is 9.22. The van der Waals surface area contributed by atoms with Crippen LogP contribution in [0.4, 0.5) is 11.8 Å². The van der Waals surface area contributed by atoms with E-state index in [0.717, 1.165) is 39.6 Å². The van der Waals surface area contributed by atoms with Crippen molar-refractivity contribution in [2.75, 3.05) is 50.7 Å². The molecule has 4 heterocycles. The Morgan fingerprint density at radius 3 is 2.54 bits per heavy atom. The third-order valence-electron chi connectivity index (χ3n) is 4.90. The van der Waals surface area contributed by atoms with Crippen LogP contribution in [0.3, 0.4) is 0 Å². The van der Waals surface area contributed by atoms with Gasteiger partial charge in [0.15, 0.2) is 11.6 Å². The third-order valence-corrected chi connectivity index (χ3v) is 6.33. The van der Waals surface area contributed by atoms with E-state index in [1.54, 1.807) is 37.9 Å². The van der Waals surface area contributed by atoms with E-state index in [1.807, 2.05) is 0 Å². The quantitative estimate of drug-likeness (QED) is 0.700. The van der Waals surface area contributed by atoms with E-state index >= 15 is 0 Å². The molecule has 8 nitrogen and oxygen atoms in total. The number of hydrogen-bond donors (Lipinski definition) is 1. The molecule has 0 aromatic carbocycles. The smallest absolute Gasteiger partial charge is 0.222 e. The molecular weight excluding hydrogens is 376 g/mol. The number of aromatic nitrogens is 4. The second kappa shape index (κ2) is 7.57. The van der Waals surface area contributed by atoms with E-state index < -0.39 is 0 Å². The predicted octanol–water partition coefficient (Wildman–Crippen LogP) is 2.91. The Kier molecular flexibility index (Phi) is 5.13. The zero-order chi connectivity index (χ0) is 19.7. The summed E-state index contributed by atoms with van der Waals surface area (Å²) < 4.78 is 12.3. The second-order valence-corrected chi connectivity index (χ2v) is 8.11. The van der Waals surface area contributed by atoms with Gasteiger partial charge >= 0.3 is 0 Å². The van der Waals surface area contributed by atoms with E-state index in [4.69, 9.17) is 19.4 Å². The second-order valence-electron chi connectivity index (χ2n) is 7.06. The Balaban J connectivity index is 1.86. The van der Waals surface area contributed by atoms with Crippen LogP contribution in [0.1, 0.15) is 18.7 Å². The molecule has 0 amide bonds. The monoisotopic (exact) mass is 400 g/mol. The lowest BCUT2D eigenvalue weighted by atomic mass is 10.1. The molecule has 1 N–H and O–H groups in total. The average molecular weight is 401 g/mol. The molecule has 0 bridgehead atoms. The topological polar surface area (TPSA) is 85.3 Å². The number of hydrogen-bond acceptors (Lipinski definition) is 9. The number of fused-ring (bicyclic) bond motifs is 1. The lowest BCUT2D eigenvalue weighted by Gasteiger charge is -2.28. The predicted molar refractivity (Wildman–Crippen MR) is 111 cm³/mol. The van der Waals surface area contributed by atoms with Crippen LogP contribution in [-0.2, 0) is 15.1 Å². The number of morpholine rings is 1. The van der Waals surface area contributed by atoms with Crippen LogP contribution in [0.5, 0.6) is 0 Å². The van der Waals surface area contributed by atoms with Gasteiger partial charge in [0.1, 0.15) is 0 Å². The molecule has 1 aliphatic rings. The van der Waals surface area contributed by atoms with Gasteiger partial charge in [0.05, 0.1) is 34.6 Å². The molecule has 0 unspecified atom stereocenters. The van der Waals surface area contributed by atoms with E-state index in [9.17, 15) is 0 Å². The molecule has 148 valence electrons. The van der Waals surface area contributed by atoms with Crippen LogP contribution in [0.15, 0.2) is 18.5 Å². The average Bonchev–Trinajstić information content (AvgIpc) is 3.19. The molecule has 0 saturated carbocycles. The Morgan fingerprint density at radius 2 is 1.89 bits per heavy atom. The number of nitrogens with zero attached hydrogens (tertiary/aromatic N) is 5. The van der Waals surface area contributed by atoms with Crippen LogP contribution < -0.4 is 10.2 Å². The number of thiophene rings is 1. The zero-order valence-electron chi connectivity index (χ0n) is 16.5. The Morgan fingerprint density at radius 1 is 1.18 bits per heavy atom. The SMILES string of the molecule is CNc1ncc(-c2nc(N3CCOCC3)c3sc(C(C)(C)OC)cc3n2)cn1. The van der Waals surface area contributed by atoms with Crippen molar-refractivity contribution in [3.05, 3.63) is 23.3 Å². The van der Waals surface area contributed by atoms with Gasteiger partial charge in [-0.1, -0.05) is 0 Å². The zero-order valence-corrected chi connectivity index (χ0v) is 17.3. The van der Waals surface area contributed by atoms with Gasteiger partial charge in [0.25, 0.3) is 0 Å². The van der Waals surface area contributed by atoms with Gasteiger partial charge in [-0.05, 0) is 19.9 Å². The number of methoxy groups -OCH3 is 1. The minimum atomic E-state index is -0.384. The molecular formula is C19H24N6O2S. The minimum Gasteiger partial charge on any atom is -0.378 e. The summed E-state index contributed by atoms with van der Waals surface area (Å²) in [5, 5.41) is 2.93. The van der Waals surface area contributed by atoms with Crippen molar-refractivity contribution < 1.29 is 9.47 Å². The summed E-state index contributed by atoms with van der Waals surface area (Å²) in [7, 11) is 3.52. The molecule has 1 saturated heterocycles. The maximum absolute atomic E-state index is 5.68. The van der Waals surface area contributed by atoms with Crippen molar-refractivity contribution in [1.82, 2.24) is 19.9 Å². The van der Waals surface area contributed by atoms with Gasteiger partial charge < -0.3 is 19.7 Å². The summed E-state index contributed by atoms with van der Waals surface area (Å²) in [5.74, 6) is 2.12. The van der Waals surface area contributed by atoms with Crippen molar-refractivity contribution in [2.24, 2.45) is 0 Å². The summed E-state index contributed by atoms with van der Waals surface area (Å²) in [5.41, 5.74) is 1.31. The number of anilines is 2. The van der Waals surface area contributed by atoms with Gasteiger partial charge in [-0.15, -0.1) is 11.3 Å². The molecule has 0 atom stereocenters. The lowest BCUT2D eigenvalue weighted by molar-refractivity contribution is 0.0224. The Bertz CT molecular complexity index is 966. The first-order valence-corrected chi connectivity index (χ1v) is 10.0. The summed E-state index contributed by atoms with van der Waals surface area (Å²) in [6.45, 7) is 7.13. The Hall–Kier alpha value is -2.36. The highest BCUT2D eigenvalue weighted by atomic mass is 32.1. The Labute approximate surface area is 168 Å². The first-order chi connectivity index (χ1) is 13.5. The molecule has 28 heavy (non-hydrogen) atoms. The highest BCUT2D eigenvalue weighted by Crippen LogP contribution is 2.39. The number of rotatable bonds is 5. The highest BCUT2D eigenvalue weighted by Gasteiger charge is 2.26. The minimum absolute atomic E-state index is 0.384. The number of nitrogens with one attached hydrogen (secondary N) is 1. The van der Waals surface area contributed by atoms with Crippen molar-refractivity contribution in [3.8, 4) is 11.4 Å². The molecule has 0 radical (unpaired) electrons. The van der Waals surface area contributed by atoms with Crippen LogP contribution in [0.25, 0.3) is 21.6 Å². The van der Waals surface area contributed by atoms with Gasteiger partial charge in [-0.25, -0.2) is 19.9 Å². The largest absolute Gasteiger partial charge is 0.378 e. The van der Waals surface area contributed by atoms with Crippen molar-refractivity contribution in [1.29, 1.82) is 0 Å². The van der Waals surface area contributed by atoms with E-state index in [2.05, 4.69) is 40.1 Å². The van der Waals surface area contributed by atoms with E-state index in [0.29, 0.717) is 25.0 Å². The molecule has 0 aliphatic carbocycles. The maximum atomic E-state index is 5.68. The summed E-state index contributed by atoms with van der Waals surface area (Å²) in [6, 6.07) is 2.10. The summed E-state index contributed by atoms with van der Waals surface area (Å²) in [4.78, 5) is 21.7. The molecule has 1 aliphatic heterocycles. The fraction of sp³-hybridized carbons (Fsp3) is 0.474. The van der Waals surface area contributed by atoms with Crippen LogP contribution in [-0.4, -0.2) is 60.4 Å². The van der Waals surface area contributed by atoms with E-state index in [-0.39, 0.29) is 5.60 Å². The lowest BCUT2D eigenvalue weighted by Crippen LogP contribution is -2.36. The van der Waals surface area contributed by atoms with Crippen LogP contribution in [0, 0.1) is 0 Å². The molecule has 4 rings (SSSR count). The standard InChI is InChI=1S/C19H24N6O2S/c1-19(2,26-4)14-9-13-15(28-14)17(25-5-7-27-8-6-25)24-16(23-13)12-10-21-18(20-3)22-11-12/h9-11H,5-8H2,1-4H3,(H,20,21,22). The molecule has 0 spiro atoms. The fourth-order valence-electron chi connectivity index (χ4n) is 3.00. The van der Waals surface area contributed by atoms with Crippen LogP contribution in [0.2, 0.25) is 0 Å². The van der Waals surface area contributed by atoms with E-state index in [1.165, 1.54) is 0 Å². The summed E-state index contributed by atoms with van der Waals surface area (Å²) in [6.07, 6.45) is 3.49. The highest BCUT2D eigenvalue weighted by molar-refractivity contribution is 7.19. The maximum Gasteiger partial charge on any atom is 0.222 e. The molecule has 9 heteroatoms. The van der Waals surface area contributed by atoms with Gasteiger partial charge in [-0.3, -0.25) is 0 Å². The van der Waals surface area contributed by atoms with Gasteiger partial charge in [0.2, 0.25) is 5.95 Å². The number of ether oxygens (including phenoxy) is 2. The molecule has 1 fully saturated rings. The van der Waals surface area contributed by atoms with Crippen molar-refractivity contribution >= 4 is 33.3 Å². The van der Waals surface area contributed by atoms with Gasteiger partial charge in [0, 0.05) is 44.5 Å². The summed E-state index contributed by atoms with van der Waals surface area (Å²) >= 11 is 1.69. The van der Waals surface area contributed by atoms with Gasteiger partial charge in [-0.2, -0.15) is 0 Å². The van der Waals surface area contributed by atoms with Crippen molar-refractivity contribution in [3.63, 3.8) is 0 Å². The third kappa shape index (κ3) is 3.52.